The third-order valence-electron chi connectivity index (χ3n) is 2.25. The van der Waals surface area contributed by atoms with Crippen LogP contribution in [0.1, 0.15) is 5.69 Å². The fourth-order valence-electron chi connectivity index (χ4n) is 1.25. The Hall–Kier alpha value is -2.04. The van der Waals surface area contributed by atoms with Gasteiger partial charge in [0, 0.05) is 20.2 Å². The molecule has 0 unspecified atom stereocenters. The standard InChI is InChI=1S/C9H9F3N6OS/c1-13-6-14-4(9(10,11)12)3-5(15-6)20-8-17-16-7(19)18(8)2/h3H,1-2H3,(H,16,19)(H,13,14,15). The summed E-state index contributed by atoms with van der Waals surface area (Å²) in [6, 6.07) is 0.796. The van der Waals surface area contributed by atoms with Gasteiger partial charge in [-0.15, -0.1) is 5.10 Å². The minimum atomic E-state index is -4.58. The number of hydrogen-bond donors (Lipinski definition) is 2. The van der Waals surface area contributed by atoms with Gasteiger partial charge >= 0.3 is 11.9 Å². The predicted octanol–water partition coefficient (Wildman–Crippen LogP) is 1.11. The van der Waals surface area contributed by atoms with E-state index in [-0.39, 0.29) is 16.1 Å². The third kappa shape index (κ3) is 2.92. The van der Waals surface area contributed by atoms with E-state index in [0.29, 0.717) is 0 Å². The summed E-state index contributed by atoms with van der Waals surface area (Å²) >= 11 is 0.824. The summed E-state index contributed by atoms with van der Waals surface area (Å²) in [6.45, 7) is 0. The fraction of sp³-hybridized carbons (Fsp3) is 0.333. The number of hydrogen-bond acceptors (Lipinski definition) is 6. The average molecular weight is 306 g/mol. The van der Waals surface area contributed by atoms with Gasteiger partial charge in [0.1, 0.15) is 5.03 Å². The number of H-pyrrole nitrogens is 1. The molecule has 0 aliphatic rings. The van der Waals surface area contributed by atoms with Crippen LogP contribution in [-0.4, -0.2) is 31.8 Å². The highest BCUT2D eigenvalue weighted by atomic mass is 32.2. The number of halogens is 3. The van der Waals surface area contributed by atoms with Crippen LogP contribution in [-0.2, 0) is 13.2 Å². The zero-order valence-corrected chi connectivity index (χ0v) is 11.1. The lowest BCUT2D eigenvalue weighted by atomic mass is 10.4. The van der Waals surface area contributed by atoms with Gasteiger partial charge in [-0.25, -0.2) is 19.9 Å². The minimum Gasteiger partial charge on any atom is -0.357 e. The second kappa shape index (κ2) is 5.15. The molecule has 0 radical (unpaired) electrons. The molecule has 2 N–H and O–H groups in total. The van der Waals surface area contributed by atoms with E-state index in [1.807, 2.05) is 0 Å². The van der Waals surface area contributed by atoms with Crippen molar-refractivity contribution in [3.63, 3.8) is 0 Å². The second-order valence-corrected chi connectivity index (χ2v) is 4.62. The molecule has 0 saturated carbocycles. The molecule has 0 amide bonds. The SMILES string of the molecule is CNc1nc(Sc2n[nH]c(=O)n2C)cc(C(F)(F)F)n1. The lowest BCUT2D eigenvalue weighted by Crippen LogP contribution is -2.13. The molecule has 0 aliphatic carbocycles. The fourth-order valence-corrected chi connectivity index (χ4v) is 2.05. The summed E-state index contributed by atoms with van der Waals surface area (Å²) in [5.41, 5.74) is -1.54. The molecule has 20 heavy (non-hydrogen) atoms. The summed E-state index contributed by atoms with van der Waals surface area (Å²) in [7, 11) is 2.85. The first-order valence-corrected chi connectivity index (χ1v) is 6.06. The molecule has 2 aromatic heterocycles. The third-order valence-corrected chi connectivity index (χ3v) is 3.22. The molecule has 0 aliphatic heterocycles. The van der Waals surface area contributed by atoms with Crippen molar-refractivity contribution in [1.29, 1.82) is 0 Å². The van der Waals surface area contributed by atoms with E-state index < -0.39 is 17.6 Å². The van der Waals surface area contributed by atoms with Gasteiger partial charge in [0.2, 0.25) is 5.95 Å². The van der Waals surface area contributed by atoms with E-state index in [2.05, 4.69) is 25.5 Å². The van der Waals surface area contributed by atoms with E-state index in [1.165, 1.54) is 18.7 Å². The quantitative estimate of drug-likeness (QED) is 0.826. The van der Waals surface area contributed by atoms with Crippen molar-refractivity contribution in [2.24, 2.45) is 7.05 Å². The van der Waals surface area contributed by atoms with Crippen molar-refractivity contribution >= 4 is 17.7 Å². The van der Waals surface area contributed by atoms with Gasteiger partial charge in [0.15, 0.2) is 10.9 Å². The van der Waals surface area contributed by atoms with Crippen molar-refractivity contribution in [2.75, 3.05) is 12.4 Å². The average Bonchev–Trinajstić information content (AvgIpc) is 2.69. The highest BCUT2D eigenvalue weighted by Crippen LogP contribution is 2.32. The highest BCUT2D eigenvalue weighted by molar-refractivity contribution is 7.99. The lowest BCUT2D eigenvalue weighted by molar-refractivity contribution is -0.141. The van der Waals surface area contributed by atoms with Gasteiger partial charge in [-0.3, -0.25) is 4.57 Å². The maximum atomic E-state index is 12.7. The van der Waals surface area contributed by atoms with E-state index in [4.69, 9.17) is 0 Å². The number of alkyl halides is 3. The predicted molar refractivity (Wildman–Crippen MR) is 64.5 cm³/mol. The lowest BCUT2D eigenvalue weighted by Gasteiger charge is -2.09. The zero-order chi connectivity index (χ0) is 14.9. The van der Waals surface area contributed by atoms with Gasteiger partial charge < -0.3 is 5.32 Å². The van der Waals surface area contributed by atoms with E-state index in [9.17, 15) is 18.0 Å². The molecule has 0 bridgehead atoms. The van der Waals surface area contributed by atoms with Crippen LogP contribution < -0.4 is 11.0 Å². The zero-order valence-electron chi connectivity index (χ0n) is 10.3. The molecule has 0 atom stereocenters. The van der Waals surface area contributed by atoms with Crippen LogP contribution >= 0.6 is 11.8 Å². The van der Waals surface area contributed by atoms with Crippen LogP contribution in [0.25, 0.3) is 0 Å². The Balaban J connectivity index is 2.41. The van der Waals surface area contributed by atoms with Gasteiger partial charge in [0.25, 0.3) is 0 Å². The Morgan fingerprint density at radius 2 is 2.10 bits per heavy atom. The Bertz CT molecular complexity index is 679. The van der Waals surface area contributed by atoms with Gasteiger partial charge in [0.05, 0.1) is 0 Å². The summed E-state index contributed by atoms with van der Waals surface area (Å²) in [5, 5.41) is 8.55. The number of aromatic nitrogens is 5. The molecular formula is C9H9F3N6OS. The van der Waals surface area contributed by atoms with Crippen LogP contribution in [0, 0.1) is 0 Å². The summed E-state index contributed by atoms with van der Waals surface area (Å²) < 4.78 is 39.3. The highest BCUT2D eigenvalue weighted by Gasteiger charge is 2.33. The van der Waals surface area contributed by atoms with Crippen molar-refractivity contribution in [3.05, 3.63) is 22.2 Å². The van der Waals surface area contributed by atoms with Crippen molar-refractivity contribution in [1.82, 2.24) is 24.7 Å². The second-order valence-electron chi connectivity index (χ2n) is 3.64. The van der Waals surface area contributed by atoms with Gasteiger partial charge in [-0.05, 0) is 11.8 Å². The molecule has 11 heteroatoms. The first-order chi connectivity index (χ1) is 9.31. The van der Waals surface area contributed by atoms with Crippen LogP contribution in [0.15, 0.2) is 21.0 Å². The molecular weight excluding hydrogens is 297 g/mol. The number of nitrogens with one attached hydrogen (secondary N) is 2. The van der Waals surface area contributed by atoms with Crippen LogP contribution in [0.4, 0.5) is 19.1 Å². The first-order valence-electron chi connectivity index (χ1n) is 5.24. The van der Waals surface area contributed by atoms with Gasteiger partial charge in [-0.1, -0.05) is 0 Å². The summed E-state index contributed by atoms with van der Waals surface area (Å²) in [4.78, 5) is 18.4. The maximum absolute atomic E-state index is 12.7. The normalized spacial score (nSPS) is 11.7. The summed E-state index contributed by atoms with van der Waals surface area (Å²) in [6.07, 6.45) is -4.58. The smallest absolute Gasteiger partial charge is 0.357 e. The molecule has 0 spiro atoms. The number of anilines is 1. The monoisotopic (exact) mass is 306 g/mol. The van der Waals surface area contributed by atoms with Gasteiger partial charge in [-0.2, -0.15) is 13.2 Å². The molecule has 7 nitrogen and oxygen atoms in total. The molecule has 0 fully saturated rings. The Labute approximate surface area is 114 Å². The number of aromatic amines is 1. The van der Waals surface area contributed by atoms with E-state index in [1.54, 1.807) is 0 Å². The van der Waals surface area contributed by atoms with Crippen LogP contribution in [0.3, 0.4) is 0 Å². The topological polar surface area (TPSA) is 88.5 Å². The Kier molecular flexibility index (Phi) is 3.70. The molecule has 0 saturated heterocycles. The largest absolute Gasteiger partial charge is 0.433 e. The molecule has 0 aromatic carbocycles. The minimum absolute atomic E-state index is 0.0266. The molecule has 2 rings (SSSR count). The molecule has 2 aromatic rings. The number of rotatable bonds is 3. The van der Waals surface area contributed by atoms with Crippen molar-refractivity contribution < 1.29 is 13.2 Å². The van der Waals surface area contributed by atoms with Crippen molar-refractivity contribution in [3.8, 4) is 0 Å². The van der Waals surface area contributed by atoms with E-state index in [0.717, 1.165) is 17.8 Å². The van der Waals surface area contributed by atoms with Crippen LogP contribution in [0.5, 0.6) is 0 Å². The molecule has 2 heterocycles. The summed E-state index contributed by atoms with van der Waals surface area (Å²) in [5.74, 6) is -0.164. The van der Waals surface area contributed by atoms with Crippen molar-refractivity contribution in [2.45, 2.75) is 16.4 Å². The molecule has 108 valence electrons. The first kappa shape index (κ1) is 14.4. The number of nitrogens with zero attached hydrogens (tertiary/aromatic N) is 4. The Morgan fingerprint density at radius 1 is 1.40 bits per heavy atom. The van der Waals surface area contributed by atoms with E-state index >= 15 is 0 Å². The Morgan fingerprint density at radius 3 is 2.60 bits per heavy atom. The van der Waals surface area contributed by atoms with Crippen LogP contribution in [0.2, 0.25) is 0 Å². The maximum Gasteiger partial charge on any atom is 0.433 e.